The Labute approximate surface area is 178 Å². The van der Waals surface area contributed by atoms with E-state index in [2.05, 4.69) is 14.9 Å². The lowest BCUT2D eigenvalue weighted by atomic mass is 9.89. The van der Waals surface area contributed by atoms with E-state index in [0.29, 0.717) is 23.0 Å². The Bertz CT molecular complexity index is 1160. The van der Waals surface area contributed by atoms with Crippen LogP contribution in [0.5, 0.6) is 0 Å². The standard InChI is InChI=1S/C21H20ClFN6O/c1-3-21-7-4-9-29(21)18-16(27(2)19(21)30)12-25-20(26-18)28-10-8-24-17(28)13-5-6-15(23)14(22)11-13/h5-6,8,10-12H,3-4,7,9H2,1-2H3. The molecule has 5 rings (SSSR count). The summed E-state index contributed by atoms with van der Waals surface area (Å²) in [5.41, 5.74) is 0.806. The van der Waals surface area contributed by atoms with Crippen LogP contribution in [-0.4, -0.2) is 44.6 Å². The van der Waals surface area contributed by atoms with Gasteiger partial charge in [-0.3, -0.25) is 9.36 Å². The molecule has 0 saturated carbocycles. The molecule has 0 radical (unpaired) electrons. The van der Waals surface area contributed by atoms with Crippen LogP contribution in [0.25, 0.3) is 17.3 Å². The van der Waals surface area contributed by atoms with Crippen molar-refractivity contribution >= 4 is 29.0 Å². The average molecular weight is 427 g/mol. The molecule has 4 heterocycles. The van der Waals surface area contributed by atoms with Gasteiger partial charge in [0.25, 0.3) is 5.91 Å². The highest BCUT2D eigenvalue weighted by Crippen LogP contribution is 2.45. The van der Waals surface area contributed by atoms with E-state index in [-0.39, 0.29) is 10.9 Å². The largest absolute Gasteiger partial charge is 0.340 e. The lowest BCUT2D eigenvalue weighted by Crippen LogP contribution is -2.59. The van der Waals surface area contributed by atoms with E-state index in [9.17, 15) is 9.18 Å². The zero-order chi connectivity index (χ0) is 21.0. The molecule has 1 saturated heterocycles. The fourth-order valence-corrected chi connectivity index (χ4v) is 4.75. The molecule has 1 fully saturated rings. The molecule has 9 heteroatoms. The second-order valence-electron chi connectivity index (χ2n) is 7.63. The number of fused-ring (bicyclic) bond motifs is 3. The third-order valence-corrected chi connectivity index (χ3v) is 6.45. The molecule has 1 amide bonds. The molecule has 1 unspecified atom stereocenters. The molecule has 3 aromatic rings. The third kappa shape index (κ3) is 2.56. The van der Waals surface area contributed by atoms with Crippen LogP contribution in [0.4, 0.5) is 15.9 Å². The van der Waals surface area contributed by atoms with Gasteiger partial charge in [0, 0.05) is 31.5 Å². The van der Waals surface area contributed by atoms with Gasteiger partial charge in [0.2, 0.25) is 5.95 Å². The SMILES string of the molecule is CCC12CCCN1c1nc(-n3ccnc3-c3ccc(F)c(Cl)c3)ncc1N(C)C2=O. The first-order valence-corrected chi connectivity index (χ1v) is 10.3. The molecule has 2 aliphatic heterocycles. The summed E-state index contributed by atoms with van der Waals surface area (Å²) in [6.45, 7) is 2.82. The van der Waals surface area contributed by atoms with Crippen molar-refractivity contribution in [3.8, 4) is 17.3 Å². The van der Waals surface area contributed by atoms with Crippen molar-refractivity contribution in [1.82, 2.24) is 19.5 Å². The van der Waals surface area contributed by atoms with Crippen LogP contribution in [0.2, 0.25) is 5.02 Å². The normalized spacial score (nSPS) is 20.5. The second-order valence-corrected chi connectivity index (χ2v) is 8.04. The zero-order valence-corrected chi connectivity index (χ0v) is 17.4. The van der Waals surface area contributed by atoms with Crippen molar-refractivity contribution < 1.29 is 9.18 Å². The van der Waals surface area contributed by atoms with Crippen LogP contribution in [0.3, 0.4) is 0 Å². The summed E-state index contributed by atoms with van der Waals surface area (Å²) in [7, 11) is 1.78. The van der Waals surface area contributed by atoms with Crippen LogP contribution in [0.15, 0.2) is 36.8 Å². The quantitative estimate of drug-likeness (QED) is 0.636. The summed E-state index contributed by atoms with van der Waals surface area (Å²) in [6, 6.07) is 4.46. The fourth-order valence-electron chi connectivity index (χ4n) is 4.57. The van der Waals surface area contributed by atoms with Crippen LogP contribution < -0.4 is 9.80 Å². The van der Waals surface area contributed by atoms with Gasteiger partial charge in [-0.25, -0.2) is 14.4 Å². The molecule has 7 nitrogen and oxygen atoms in total. The number of rotatable bonds is 3. The van der Waals surface area contributed by atoms with E-state index in [1.165, 1.54) is 12.1 Å². The van der Waals surface area contributed by atoms with E-state index in [4.69, 9.17) is 16.6 Å². The number of likely N-dealkylation sites (N-methyl/N-ethyl adjacent to an activating group) is 1. The number of hydrogen-bond acceptors (Lipinski definition) is 5. The molecule has 0 N–H and O–H groups in total. The summed E-state index contributed by atoms with van der Waals surface area (Å²) in [5.74, 6) is 1.34. The molecule has 0 bridgehead atoms. The molecule has 1 atom stereocenters. The first-order valence-electron chi connectivity index (χ1n) is 9.88. The van der Waals surface area contributed by atoms with Gasteiger partial charge in [0.05, 0.1) is 11.2 Å². The maximum atomic E-state index is 13.6. The summed E-state index contributed by atoms with van der Waals surface area (Å²) < 4.78 is 15.3. The molecule has 2 aliphatic rings. The van der Waals surface area contributed by atoms with Gasteiger partial charge in [-0.05, 0) is 37.5 Å². The third-order valence-electron chi connectivity index (χ3n) is 6.16. The summed E-state index contributed by atoms with van der Waals surface area (Å²) in [4.78, 5) is 30.6. The van der Waals surface area contributed by atoms with Gasteiger partial charge in [0.15, 0.2) is 5.82 Å². The molecular formula is C21H20ClFN6O. The summed E-state index contributed by atoms with van der Waals surface area (Å²) in [5, 5.41) is 0.0262. The van der Waals surface area contributed by atoms with Gasteiger partial charge in [-0.1, -0.05) is 18.5 Å². The molecule has 0 aliphatic carbocycles. The monoisotopic (exact) mass is 426 g/mol. The lowest BCUT2D eigenvalue weighted by molar-refractivity contribution is -0.123. The van der Waals surface area contributed by atoms with Crippen molar-refractivity contribution in [2.75, 3.05) is 23.4 Å². The fraction of sp³-hybridized carbons (Fsp3) is 0.333. The predicted molar refractivity (Wildman–Crippen MR) is 113 cm³/mol. The van der Waals surface area contributed by atoms with E-state index >= 15 is 0 Å². The van der Waals surface area contributed by atoms with Gasteiger partial charge < -0.3 is 9.80 Å². The van der Waals surface area contributed by atoms with E-state index in [0.717, 1.165) is 31.6 Å². The average Bonchev–Trinajstić information content (AvgIpc) is 3.42. The molecule has 2 aromatic heterocycles. The van der Waals surface area contributed by atoms with Crippen LogP contribution >= 0.6 is 11.6 Å². The van der Waals surface area contributed by atoms with Crippen molar-refractivity contribution in [2.24, 2.45) is 0 Å². The van der Waals surface area contributed by atoms with Crippen LogP contribution in [-0.2, 0) is 4.79 Å². The molecule has 154 valence electrons. The number of aromatic nitrogens is 4. The Morgan fingerprint density at radius 3 is 2.90 bits per heavy atom. The maximum absolute atomic E-state index is 13.6. The summed E-state index contributed by atoms with van der Waals surface area (Å²) >= 11 is 5.96. The lowest BCUT2D eigenvalue weighted by Gasteiger charge is -2.45. The van der Waals surface area contributed by atoms with Gasteiger partial charge in [0.1, 0.15) is 22.9 Å². The first kappa shape index (κ1) is 19.0. The smallest absolute Gasteiger partial charge is 0.252 e. The van der Waals surface area contributed by atoms with Gasteiger partial charge in [-0.2, -0.15) is 4.98 Å². The number of imidazole rings is 1. The highest BCUT2D eigenvalue weighted by Gasteiger charge is 2.52. The number of carbonyl (C=O) groups is 1. The van der Waals surface area contributed by atoms with Crippen molar-refractivity contribution in [2.45, 2.75) is 31.7 Å². The van der Waals surface area contributed by atoms with Gasteiger partial charge in [-0.15, -0.1) is 0 Å². The van der Waals surface area contributed by atoms with E-state index in [1.807, 2.05) is 6.92 Å². The first-order chi connectivity index (χ1) is 14.5. The maximum Gasteiger partial charge on any atom is 0.252 e. The second kappa shape index (κ2) is 6.77. The number of halogens is 2. The minimum Gasteiger partial charge on any atom is -0.340 e. The Morgan fingerprint density at radius 2 is 2.13 bits per heavy atom. The Balaban J connectivity index is 1.63. The Hall–Kier alpha value is -3.00. The zero-order valence-electron chi connectivity index (χ0n) is 16.6. The summed E-state index contributed by atoms with van der Waals surface area (Å²) in [6.07, 6.45) is 7.54. The van der Waals surface area contributed by atoms with Crippen molar-refractivity contribution in [3.05, 3.63) is 47.6 Å². The minimum absolute atomic E-state index is 0.0262. The number of carbonyl (C=O) groups excluding carboxylic acids is 1. The van der Waals surface area contributed by atoms with E-state index < -0.39 is 11.4 Å². The molecule has 0 spiro atoms. The van der Waals surface area contributed by atoms with E-state index in [1.54, 1.807) is 41.2 Å². The highest BCUT2D eigenvalue weighted by atomic mass is 35.5. The number of benzene rings is 1. The highest BCUT2D eigenvalue weighted by molar-refractivity contribution is 6.31. The number of amides is 1. The van der Waals surface area contributed by atoms with Crippen molar-refractivity contribution in [3.63, 3.8) is 0 Å². The van der Waals surface area contributed by atoms with Gasteiger partial charge >= 0.3 is 0 Å². The number of anilines is 2. The molecular weight excluding hydrogens is 407 g/mol. The van der Waals surface area contributed by atoms with Crippen molar-refractivity contribution in [1.29, 1.82) is 0 Å². The number of nitrogens with zero attached hydrogens (tertiary/aromatic N) is 6. The van der Waals surface area contributed by atoms with Crippen LogP contribution in [0, 0.1) is 5.82 Å². The Morgan fingerprint density at radius 1 is 1.30 bits per heavy atom. The predicted octanol–water partition coefficient (Wildman–Crippen LogP) is 3.85. The minimum atomic E-state index is -0.546. The Kier molecular flexibility index (Phi) is 4.28. The topological polar surface area (TPSA) is 67.2 Å². The molecule has 1 aromatic carbocycles. The number of hydrogen-bond donors (Lipinski definition) is 0. The van der Waals surface area contributed by atoms with Crippen LogP contribution in [0.1, 0.15) is 26.2 Å². The molecule has 30 heavy (non-hydrogen) atoms.